The number of aryl methyl sites for hydroxylation is 1. The molecule has 28 heavy (non-hydrogen) atoms. The van der Waals surface area contributed by atoms with E-state index in [-0.39, 0.29) is 11.3 Å². The number of rotatable bonds is 7. The summed E-state index contributed by atoms with van der Waals surface area (Å²) < 4.78 is 6.16. The Kier molecular flexibility index (Phi) is 6.44. The van der Waals surface area contributed by atoms with Crippen LogP contribution in [0.1, 0.15) is 10.5 Å². The van der Waals surface area contributed by atoms with E-state index in [1.54, 1.807) is 36.0 Å². The average molecular weight is 397 g/mol. The molecule has 0 bridgehead atoms. The summed E-state index contributed by atoms with van der Waals surface area (Å²) in [5.41, 5.74) is -0.300. The standard InChI is InChI=1S/C20H19N3O4S/c1-23-19(25)16-10-6-5-9-15(16)18(22-23)20(26)27-13-17(24)21-11-12-28-14-7-3-2-4-8-14/h2-10H,11-13H2,1H3,(H,21,24). The van der Waals surface area contributed by atoms with Crippen molar-refractivity contribution in [3.8, 4) is 0 Å². The van der Waals surface area contributed by atoms with E-state index >= 15 is 0 Å². The normalized spacial score (nSPS) is 10.6. The minimum Gasteiger partial charge on any atom is -0.451 e. The van der Waals surface area contributed by atoms with Gasteiger partial charge in [-0.1, -0.05) is 36.4 Å². The number of ether oxygens (including phenoxy) is 1. The van der Waals surface area contributed by atoms with Crippen molar-refractivity contribution in [3.05, 3.63) is 70.6 Å². The number of carbonyl (C=O) groups is 2. The van der Waals surface area contributed by atoms with Crippen LogP contribution < -0.4 is 10.9 Å². The van der Waals surface area contributed by atoms with Crippen LogP contribution in [0.15, 0.2) is 64.3 Å². The van der Waals surface area contributed by atoms with Crippen molar-refractivity contribution < 1.29 is 14.3 Å². The molecule has 7 nitrogen and oxygen atoms in total. The first-order valence-corrected chi connectivity index (χ1v) is 9.62. The number of amides is 1. The van der Waals surface area contributed by atoms with E-state index in [2.05, 4.69) is 10.4 Å². The fourth-order valence-electron chi connectivity index (χ4n) is 2.58. The molecule has 0 radical (unpaired) electrons. The van der Waals surface area contributed by atoms with Crippen molar-refractivity contribution in [2.75, 3.05) is 18.9 Å². The number of nitrogens with one attached hydrogen (secondary N) is 1. The smallest absolute Gasteiger partial charge is 0.359 e. The second kappa shape index (κ2) is 9.18. The molecule has 0 saturated heterocycles. The fourth-order valence-corrected chi connectivity index (χ4v) is 3.37. The number of hydrogen-bond donors (Lipinski definition) is 1. The number of hydrogen-bond acceptors (Lipinski definition) is 6. The molecule has 0 aliphatic carbocycles. The highest BCUT2D eigenvalue weighted by Crippen LogP contribution is 2.16. The van der Waals surface area contributed by atoms with Gasteiger partial charge in [-0.15, -0.1) is 11.8 Å². The molecule has 144 valence electrons. The molecule has 1 amide bonds. The summed E-state index contributed by atoms with van der Waals surface area (Å²) in [6.45, 7) is 0.0463. The van der Waals surface area contributed by atoms with E-state index in [9.17, 15) is 14.4 Å². The molecule has 3 aromatic rings. The summed E-state index contributed by atoms with van der Waals surface area (Å²) in [4.78, 5) is 37.5. The molecule has 1 heterocycles. The third-order valence-corrected chi connectivity index (χ3v) is 4.93. The summed E-state index contributed by atoms with van der Waals surface area (Å²) in [7, 11) is 1.46. The van der Waals surface area contributed by atoms with Gasteiger partial charge < -0.3 is 10.1 Å². The first-order chi connectivity index (χ1) is 13.6. The Hall–Kier alpha value is -3.13. The predicted molar refractivity (Wildman–Crippen MR) is 107 cm³/mol. The molecule has 0 atom stereocenters. The van der Waals surface area contributed by atoms with Gasteiger partial charge >= 0.3 is 5.97 Å². The lowest BCUT2D eigenvalue weighted by Gasteiger charge is -2.09. The fraction of sp³-hybridized carbons (Fsp3) is 0.200. The second-order valence-electron chi connectivity index (χ2n) is 5.91. The number of nitrogens with zero attached hydrogens (tertiary/aromatic N) is 2. The van der Waals surface area contributed by atoms with Crippen LogP contribution in [0.5, 0.6) is 0 Å². The van der Waals surface area contributed by atoms with E-state index in [0.29, 0.717) is 23.1 Å². The summed E-state index contributed by atoms with van der Waals surface area (Å²) in [6, 6.07) is 16.5. The Morgan fingerprint density at radius 1 is 1.07 bits per heavy atom. The van der Waals surface area contributed by atoms with Gasteiger partial charge in [-0.05, 0) is 18.2 Å². The lowest BCUT2D eigenvalue weighted by atomic mass is 10.1. The first kappa shape index (κ1) is 19.6. The van der Waals surface area contributed by atoms with Crippen LogP contribution in [0, 0.1) is 0 Å². The van der Waals surface area contributed by atoms with Gasteiger partial charge in [0, 0.05) is 29.6 Å². The maximum absolute atomic E-state index is 12.4. The molecule has 1 aromatic heterocycles. The summed E-state index contributed by atoms with van der Waals surface area (Å²) in [5, 5.41) is 7.46. The highest BCUT2D eigenvalue weighted by molar-refractivity contribution is 7.99. The van der Waals surface area contributed by atoms with Crippen LogP contribution in [-0.4, -0.2) is 40.6 Å². The number of thioether (sulfide) groups is 1. The number of fused-ring (bicyclic) bond motifs is 1. The second-order valence-corrected chi connectivity index (χ2v) is 7.08. The Morgan fingerprint density at radius 3 is 2.50 bits per heavy atom. The van der Waals surface area contributed by atoms with Gasteiger partial charge in [-0.3, -0.25) is 9.59 Å². The summed E-state index contributed by atoms with van der Waals surface area (Å²) in [5.74, 6) is -0.437. The van der Waals surface area contributed by atoms with Crippen LogP contribution in [0.2, 0.25) is 0 Å². The van der Waals surface area contributed by atoms with Gasteiger partial charge in [0.25, 0.3) is 11.5 Å². The van der Waals surface area contributed by atoms with Gasteiger partial charge in [-0.2, -0.15) is 5.10 Å². The van der Waals surface area contributed by atoms with Crippen LogP contribution in [0.25, 0.3) is 10.8 Å². The number of esters is 1. The quantitative estimate of drug-likeness (QED) is 0.373. The molecule has 3 rings (SSSR count). The van der Waals surface area contributed by atoms with Crippen molar-refractivity contribution >= 4 is 34.4 Å². The SMILES string of the molecule is Cn1nc(C(=O)OCC(=O)NCCSc2ccccc2)c2ccccc2c1=O. The van der Waals surface area contributed by atoms with Crippen molar-refractivity contribution in [3.63, 3.8) is 0 Å². The molecule has 0 unspecified atom stereocenters. The van der Waals surface area contributed by atoms with E-state index in [4.69, 9.17) is 4.74 Å². The zero-order valence-electron chi connectivity index (χ0n) is 15.3. The molecule has 0 aliphatic heterocycles. The summed E-state index contributed by atoms with van der Waals surface area (Å²) >= 11 is 1.62. The zero-order valence-corrected chi connectivity index (χ0v) is 16.1. The molecule has 1 N–H and O–H groups in total. The molecule has 0 fully saturated rings. The predicted octanol–water partition coefficient (Wildman–Crippen LogP) is 2.00. The van der Waals surface area contributed by atoms with Gasteiger partial charge in [0.2, 0.25) is 0 Å². The lowest BCUT2D eigenvalue weighted by molar-refractivity contribution is -0.124. The van der Waals surface area contributed by atoms with E-state index in [1.807, 2.05) is 30.3 Å². The molecular weight excluding hydrogens is 378 g/mol. The summed E-state index contributed by atoms with van der Waals surface area (Å²) in [6.07, 6.45) is 0. The third-order valence-electron chi connectivity index (χ3n) is 3.92. The monoisotopic (exact) mass is 397 g/mol. The topological polar surface area (TPSA) is 90.3 Å². The lowest BCUT2D eigenvalue weighted by Crippen LogP contribution is -2.31. The van der Waals surface area contributed by atoms with Crippen LogP contribution in [0.4, 0.5) is 0 Å². The highest BCUT2D eigenvalue weighted by Gasteiger charge is 2.17. The largest absolute Gasteiger partial charge is 0.451 e. The van der Waals surface area contributed by atoms with Gasteiger partial charge in [0.05, 0.1) is 5.39 Å². The van der Waals surface area contributed by atoms with Gasteiger partial charge in [-0.25, -0.2) is 9.48 Å². The van der Waals surface area contributed by atoms with Crippen molar-refractivity contribution in [1.29, 1.82) is 0 Å². The van der Waals surface area contributed by atoms with E-state index < -0.39 is 18.5 Å². The van der Waals surface area contributed by atoms with E-state index in [0.717, 1.165) is 9.58 Å². The van der Waals surface area contributed by atoms with Gasteiger partial charge in [0.1, 0.15) is 0 Å². The van der Waals surface area contributed by atoms with Crippen LogP contribution in [0.3, 0.4) is 0 Å². The highest BCUT2D eigenvalue weighted by atomic mass is 32.2. The minimum absolute atomic E-state index is 0.00475. The molecule has 0 spiro atoms. The number of carbonyl (C=O) groups excluding carboxylic acids is 2. The van der Waals surface area contributed by atoms with Crippen molar-refractivity contribution in [2.24, 2.45) is 7.05 Å². The zero-order chi connectivity index (χ0) is 19.9. The molecule has 0 aliphatic rings. The molecule has 2 aromatic carbocycles. The number of benzene rings is 2. The maximum atomic E-state index is 12.4. The molecule has 0 saturated carbocycles. The maximum Gasteiger partial charge on any atom is 0.359 e. The van der Waals surface area contributed by atoms with Crippen LogP contribution in [-0.2, 0) is 16.6 Å². The molecular formula is C20H19N3O4S. The Labute approximate surface area is 165 Å². The minimum atomic E-state index is -0.749. The third kappa shape index (κ3) is 4.77. The van der Waals surface area contributed by atoms with Crippen molar-refractivity contribution in [2.45, 2.75) is 4.90 Å². The Morgan fingerprint density at radius 2 is 1.75 bits per heavy atom. The number of aromatic nitrogens is 2. The van der Waals surface area contributed by atoms with Crippen molar-refractivity contribution in [1.82, 2.24) is 15.1 Å². The first-order valence-electron chi connectivity index (χ1n) is 8.64. The molecule has 8 heteroatoms. The van der Waals surface area contributed by atoms with E-state index in [1.165, 1.54) is 7.05 Å². The Balaban J connectivity index is 1.53. The Bertz CT molecular complexity index is 1050. The average Bonchev–Trinajstić information content (AvgIpc) is 2.73. The van der Waals surface area contributed by atoms with Gasteiger partial charge in [0.15, 0.2) is 12.3 Å². The van der Waals surface area contributed by atoms with Crippen LogP contribution >= 0.6 is 11.8 Å².